The molecule has 0 spiro atoms. The second kappa shape index (κ2) is 10.3. The third kappa shape index (κ3) is 5.66. The number of amides is 1. The minimum absolute atomic E-state index is 0.0166. The molecule has 0 radical (unpaired) electrons. The van der Waals surface area contributed by atoms with Crippen molar-refractivity contribution >= 4 is 23.2 Å². The van der Waals surface area contributed by atoms with Crippen LogP contribution in [0.3, 0.4) is 0 Å². The van der Waals surface area contributed by atoms with Crippen LogP contribution in [-0.2, 0) is 16.0 Å². The molecule has 0 aromatic carbocycles. The molecule has 0 aliphatic rings. The molecule has 1 amide bonds. The molecule has 114 valence electrons. The van der Waals surface area contributed by atoms with Crippen molar-refractivity contribution in [2.45, 2.75) is 27.2 Å². The number of carbonyl (C=O) groups is 2. The summed E-state index contributed by atoms with van der Waals surface area (Å²) in [4.78, 5) is 28.5. The van der Waals surface area contributed by atoms with Gasteiger partial charge >= 0.3 is 5.97 Å². The number of thiazole rings is 1. The number of carbonyl (C=O) groups excluding carboxylic acids is 1. The molecule has 0 bridgehead atoms. The number of carboxylic acid groups (broad SMARTS) is 1. The fourth-order valence-electron chi connectivity index (χ4n) is 1.48. The Kier molecular flexibility index (Phi) is 9.57. The van der Waals surface area contributed by atoms with Crippen LogP contribution in [0, 0.1) is 0 Å². The molecule has 1 aromatic heterocycles. The van der Waals surface area contributed by atoms with Crippen LogP contribution >= 0.6 is 11.3 Å². The Balaban J connectivity index is 0.00000172. The molecule has 1 N–H and O–H groups in total. The molecule has 0 atom stereocenters. The highest BCUT2D eigenvalue weighted by Gasteiger charge is 2.19. The van der Waals surface area contributed by atoms with E-state index in [1.54, 1.807) is 12.0 Å². The Labute approximate surface area is 123 Å². The third-order valence-electron chi connectivity index (χ3n) is 2.45. The second-order valence-electron chi connectivity index (χ2n) is 3.58. The van der Waals surface area contributed by atoms with Crippen LogP contribution in [-0.4, -0.2) is 53.7 Å². The first-order chi connectivity index (χ1) is 9.60. The molecule has 1 aromatic rings. The summed E-state index contributed by atoms with van der Waals surface area (Å²) in [5.41, 5.74) is 1.77. The molecule has 7 heteroatoms. The third-order valence-corrected chi connectivity index (χ3v) is 3.31. The zero-order valence-electron chi connectivity index (χ0n) is 12.4. The van der Waals surface area contributed by atoms with Crippen LogP contribution in [0.1, 0.15) is 36.1 Å². The van der Waals surface area contributed by atoms with Crippen molar-refractivity contribution in [3.05, 3.63) is 16.1 Å². The van der Waals surface area contributed by atoms with E-state index < -0.39 is 5.97 Å². The predicted octanol–water partition coefficient (Wildman–Crippen LogP) is 1.90. The Hall–Kier alpha value is -1.47. The van der Waals surface area contributed by atoms with Gasteiger partial charge in [0.25, 0.3) is 0 Å². The monoisotopic (exact) mass is 302 g/mol. The van der Waals surface area contributed by atoms with Crippen molar-refractivity contribution in [3.8, 4) is 0 Å². The number of likely N-dealkylation sites (N-methyl/N-ethyl adjacent to an activating group) is 1. The van der Waals surface area contributed by atoms with Gasteiger partial charge in [-0.25, -0.2) is 9.78 Å². The number of aromatic carboxylic acids is 1. The molecule has 1 heterocycles. The van der Waals surface area contributed by atoms with Gasteiger partial charge in [0.05, 0.1) is 24.2 Å². The number of hydrogen-bond donors (Lipinski definition) is 1. The predicted molar refractivity (Wildman–Crippen MR) is 78.3 cm³/mol. The SMILES string of the molecule is CC.CCN(CCOC)C(=O)Cc1ncsc1C(=O)O. The summed E-state index contributed by atoms with van der Waals surface area (Å²) in [6, 6.07) is 0. The number of rotatable bonds is 7. The highest BCUT2D eigenvalue weighted by Crippen LogP contribution is 2.14. The molecule has 6 nitrogen and oxygen atoms in total. The van der Waals surface area contributed by atoms with Gasteiger partial charge in [-0.3, -0.25) is 4.79 Å². The van der Waals surface area contributed by atoms with Crippen molar-refractivity contribution in [3.63, 3.8) is 0 Å². The lowest BCUT2D eigenvalue weighted by atomic mass is 10.2. The van der Waals surface area contributed by atoms with Crippen LogP contribution < -0.4 is 0 Å². The first kappa shape index (κ1) is 18.5. The topological polar surface area (TPSA) is 79.7 Å². The molecule has 0 saturated heterocycles. The number of hydrogen-bond acceptors (Lipinski definition) is 5. The Bertz CT molecular complexity index is 420. The van der Waals surface area contributed by atoms with Crippen molar-refractivity contribution in [1.82, 2.24) is 9.88 Å². The van der Waals surface area contributed by atoms with E-state index in [2.05, 4.69) is 4.98 Å². The van der Waals surface area contributed by atoms with E-state index in [4.69, 9.17) is 9.84 Å². The lowest BCUT2D eigenvalue weighted by molar-refractivity contribution is -0.130. The number of ether oxygens (including phenoxy) is 1. The van der Waals surface area contributed by atoms with Gasteiger partial charge < -0.3 is 14.7 Å². The van der Waals surface area contributed by atoms with Crippen molar-refractivity contribution in [2.24, 2.45) is 0 Å². The summed E-state index contributed by atoms with van der Waals surface area (Å²) in [5, 5.41) is 8.93. The minimum atomic E-state index is -1.04. The highest BCUT2D eigenvalue weighted by molar-refractivity contribution is 7.11. The summed E-state index contributed by atoms with van der Waals surface area (Å²) in [7, 11) is 1.57. The van der Waals surface area contributed by atoms with Gasteiger partial charge in [-0.2, -0.15) is 0 Å². The number of aromatic nitrogens is 1. The first-order valence-corrected chi connectivity index (χ1v) is 7.40. The number of nitrogens with zero attached hydrogens (tertiary/aromatic N) is 2. The molecular formula is C13H22N2O4S. The maximum absolute atomic E-state index is 12.0. The van der Waals surface area contributed by atoms with Crippen LogP contribution in [0.2, 0.25) is 0 Å². The van der Waals surface area contributed by atoms with Crippen LogP contribution in [0.5, 0.6) is 0 Å². The number of carboxylic acids is 1. The van der Waals surface area contributed by atoms with Crippen LogP contribution in [0.15, 0.2) is 5.51 Å². The lowest BCUT2D eigenvalue weighted by Gasteiger charge is -2.20. The highest BCUT2D eigenvalue weighted by atomic mass is 32.1. The smallest absolute Gasteiger partial charge is 0.347 e. The molecule has 0 fully saturated rings. The zero-order valence-corrected chi connectivity index (χ0v) is 13.2. The molecular weight excluding hydrogens is 280 g/mol. The molecule has 1 rings (SSSR count). The average Bonchev–Trinajstić information content (AvgIpc) is 2.90. The largest absolute Gasteiger partial charge is 0.477 e. The van der Waals surface area contributed by atoms with Crippen molar-refractivity contribution in [2.75, 3.05) is 26.8 Å². The van der Waals surface area contributed by atoms with Gasteiger partial charge in [0.1, 0.15) is 4.88 Å². The first-order valence-electron chi connectivity index (χ1n) is 6.52. The van der Waals surface area contributed by atoms with Gasteiger partial charge in [-0.15, -0.1) is 11.3 Å². The van der Waals surface area contributed by atoms with Gasteiger partial charge in [0.2, 0.25) is 5.91 Å². The quantitative estimate of drug-likeness (QED) is 0.832. The Morgan fingerprint density at radius 1 is 1.45 bits per heavy atom. The van der Waals surface area contributed by atoms with E-state index in [1.165, 1.54) is 5.51 Å². The van der Waals surface area contributed by atoms with E-state index in [9.17, 15) is 9.59 Å². The van der Waals surface area contributed by atoms with E-state index in [1.807, 2.05) is 20.8 Å². The normalized spacial score (nSPS) is 9.60. The van der Waals surface area contributed by atoms with Crippen molar-refractivity contribution in [1.29, 1.82) is 0 Å². The number of methoxy groups -OCH3 is 1. The summed E-state index contributed by atoms with van der Waals surface area (Å²) < 4.78 is 4.92. The minimum Gasteiger partial charge on any atom is -0.477 e. The molecule has 20 heavy (non-hydrogen) atoms. The van der Waals surface area contributed by atoms with E-state index in [0.717, 1.165) is 11.3 Å². The van der Waals surface area contributed by atoms with Gasteiger partial charge in [0, 0.05) is 20.2 Å². The van der Waals surface area contributed by atoms with E-state index in [0.29, 0.717) is 25.4 Å². The molecule has 0 unspecified atom stereocenters. The van der Waals surface area contributed by atoms with Crippen LogP contribution in [0.25, 0.3) is 0 Å². The maximum Gasteiger partial charge on any atom is 0.347 e. The standard InChI is InChI=1S/C11H16N2O4S.C2H6/c1-3-13(4-5-17-2)9(14)6-8-10(11(15)16)18-7-12-8;1-2/h7H,3-6H2,1-2H3,(H,15,16);1-2H3. The average molecular weight is 302 g/mol. The molecule has 0 aliphatic heterocycles. The van der Waals surface area contributed by atoms with Crippen LogP contribution in [0.4, 0.5) is 0 Å². The maximum atomic E-state index is 12.0. The zero-order chi connectivity index (χ0) is 15.5. The van der Waals surface area contributed by atoms with E-state index in [-0.39, 0.29) is 17.2 Å². The van der Waals surface area contributed by atoms with Gasteiger partial charge in [-0.05, 0) is 6.92 Å². The summed E-state index contributed by atoms with van der Waals surface area (Å²) >= 11 is 1.03. The second-order valence-corrected chi connectivity index (χ2v) is 4.43. The van der Waals surface area contributed by atoms with Gasteiger partial charge in [-0.1, -0.05) is 13.8 Å². The van der Waals surface area contributed by atoms with Gasteiger partial charge in [0.15, 0.2) is 0 Å². The summed E-state index contributed by atoms with van der Waals surface area (Å²) in [6.45, 7) is 7.39. The van der Waals surface area contributed by atoms with Crippen molar-refractivity contribution < 1.29 is 19.4 Å². The lowest BCUT2D eigenvalue weighted by Crippen LogP contribution is -2.35. The van der Waals surface area contributed by atoms with E-state index >= 15 is 0 Å². The fraction of sp³-hybridized carbons (Fsp3) is 0.615. The summed E-state index contributed by atoms with van der Waals surface area (Å²) in [5.74, 6) is -1.18. The Morgan fingerprint density at radius 3 is 2.60 bits per heavy atom. The molecule has 0 saturated carbocycles. The Morgan fingerprint density at radius 2 is 2.10 bits per heavy atom. The molecule has 0 aliphatic carbocycles. The summed E-state index contributed by atoms with van der Waals surface area (Å²) in [6.07, 6.45) is 0.0166. The fourth-order valence-corrected chi connectivity index (χ4v) is 2.13.